The van der Waals surface area contributed by atoms with Gasteiger partial charge in [-0.1, -0.05) is 30.0 Å². The van der Waals surface area contributed by atoms with Gasteiger partial charge in [0.1, 0.15) is 11.3 Å². The first-order valence-electron chi connectivity index (χ1n) is 7.53. The standard InChI is InChI=1S/C17H15N5OS2/c1-11-5-3-4-6-14(11)22-10-19-21-17(22)25-9-15(23)13(7-18)16-20-12(2)8-24-16/h3-6,8,10,13H,9H2,1-2H3/t13-/m0/s1. The number of Topliss-reactive ketones (excluding diaryl/α,β-unsaturated/α-hetero) is 1. The Hall–Kier alpha value is -2.50. The van der Waals surface area contributed by atoms with Gasteiger partial charge in [-0.2, -0.15) is 5.26 Å². The number of thiazole rings is 1. The molecule has 126 valence electrons. The maximum Gasteiger partial charge on any atom is 0.196 e. The number of aromatic nitrogens is 4. The van der Waals surface area contributed by atoms with Crippen LogP contribution in [-0.2, 0) is 4.79 Å². The summed E-state index contributed by atoms with van der Waals surface area (Å²) in [7, 11) is 0. The number of benzene rings is 1. The zero-order valence-corrected chi connectivity index (χ0v) is 15.3. The second kappa shape index (κ2) is 7.59. The van der Waals surface area contributed by atoms with E-state index in [4.69, 9.17) is 0 Å². The van der Waals surface area contributed by atoms with E-state index in [2.05, 4.69) is 21.3 Å². The van der Waals surface area contributed by atoms with Crippen molar-refractivity contribution in [2.45, 2.75) is 24.9 Å². The molecular formula is C17H15N5OS2. The number of nitriles is 1. The van der Waals surface area contributed by atoms with Gasteiger partial charge in [-0.05, 0) is 25.5 Å². The largest absolute Gasteiger partial charge is 0.297 e. The Kier molecular flexibility index (Phi) is 5.26. The summed E-state index contributed by atoms with van der Waals surface area (Å²) in [5.41, 5.74) is 2.87. The third-order valence-corrected chi connectivity index (χ3v) is 5.56. The van der Waals surface area contributed by atoms with Crippen molar-refractivity contribution in [1.82, 2.24) is 19.7 Å². The minimum absolute atomic E-state index is 0.140. The average Bonchev–Trinajstić information content (AvgIpc) is 3.23. The van der Waals surface area contributed by atoms with Crippen LogP contribution in [0.25, 0.3) is 5.69 Å². The molecule has 1 atom stereocenters. The molecule has 0 spiro atoms. The van der Waals surface area contributed by atoms with Crippen molar-refractivity contribution in [3.05, 3.63) is 52.2 Å². The fourth-order valence-electron chi connectivity index (χ4n) is 2.31. The molecule has 2 aromatic heterocycles. The summed E-state index contributed by atoms with van der Waals surface area (Å²) in [5.74, 6) is -0.872. The summed E-state index contributed by atoms with van der Waals surface area (Å²) in [6.07, 6.45) is 1.63. The van der Waals surface area contributed by atoms with Gasteiger partial charge in [0.25, 0.3) is 0 Å². The van der Waals surface area contributed by atoms with Crippen LogP contribution in [0.1, 0.15) is 22.2 Å². The second-order valence-corrected chi connectivity index (χ2v) is 7.25. The fraction of sp³-hybridized carbons (Fsp3) is 0.235. The molecular weight excluding hydrogens is 354 g/mol. The molecule has 3 rings (SSSR count). The average molecular weight is 369 g/mol. The van der Waals surface area contributed by atoms with Crippen LogP contribution in [0.3, 0.4) is 0 Å². The van der Waals surface area contributed by atoms with E-state index in [1.807, 2.05) is 48.1 Å². The quantitative estimate of drug-likeness (QED) is 0.620. The van der Waals surface area contributed by atoms with Crippen molar-refractivity contribution in [2.75, 3.05) is 5.75 Å². The minimum Gasteiger partial charge on any atom is -0.297 e. The second-order valence-electron chi connectivity index (χ2n) is 5.41. The molecule has 0 amide bonds. The summed E-state index contributed by atoms with van der Waals surface area (Å²) < 4.78 is 1.85. The maximum atomic E-state index is 12.5. The lowest BCUT2D eigenvalue weighted by Crippen LogP contribution is -2.13. The van der Waals surface area contributed by atoms with Gasteiger partial charge in [-0.15, -0.1) is 21.5 Å². The number of thioether (sulfide) groups is 1. The molecule has 0 aliphatic carbocycles. The summed E-state index contributed by atoms with van der Waals surface area (Å²) in [4.78, 5) is 16.7. The first-order valence-corrected chi connectivity index (χ1v) is 9.40. The van der Waals surface area contributed by atoms with E-state index >= 15 is 0 Å². The highest BCUT2D eigenvalue weighted by atomic mass is 32.2. The van der Waals surface area contributed by atoms with Gasteiger partial charge in [0.05, 0.1) is 17.5 Å². The Labute approximate surface area is 153 Å². The molecule has 8 heteroatoms. The number of ketones is 1. The van der Waals surface area contributed by atoms with E-state index in [-0.39, 0.29) is 11.5 Å². The van der Waals surface area contributed by atoms with Gasteiger partial charge >= 0.3 is 0 Å². The summed E-state index contributed by atoms with van der Waals surface area (Å²) in [5, 5.41) is 20.4. The Balaban J connectivity index is 1.74. The van der Waals surface area contributed by atoms with E-state index < -0.39 is 5.92 Å². The number of para-hydroxylation sites is 1. The predicted molar refractivity (Wildman–Crippen MR) is 97.0 cm³/mol. The molecule has 6 nitrogen and oxygen atoms in total. The monoisotopic (exact) mass is 369 g/mol. The Morgan fingerprint density at radius 2 is 2.20 bits per heavy atom. The SMILES string of the molecule is Cc1csc([C@@H](C#N)C(=O)CSc2nncn2-c2ccccc2C)n1. The van der Waals surface area contributed by atoms with Crippen LogP contribution >= 0.6 is 23.1 Å². The van der Waals surface area contributed by atoms with Crippen molar-refractivity contribution in [1.29, 1.82) is 5.26 Å². The predicted octanol–water partition coefficient (Wildman–Crippen LogP) is 3.31. The number of carbonyl (C=O) groups is 1. The molecule has 1 aromatic carbocycles. The molecule has 0 bridgehead atoms. The van der Waals surface area contributed by atoms with E-state index in [0.717, 1.165) is 16.9 Å². The Morgan fingerprint density at radius 3 is 2.88 bits per heavy atom. The van der Waals surface area contributed by atoms with Gasteiger partial charge in [0, 0.05) is 11.1 Å². The maximum absolute atomic E-state index is 12.5. The highest BCUT2D eigenvalue weighted by Gasteiger charge is 2.24. The number of rotatable bonds is 6. The number of aryl methyl sites for hydroxylation is 2. The summed E-state index contributed by atoms with van der Waals surface area (Å²) in [6.45, 7) is 3.85. The first-order chi connectivity index (χ1) is 12.1. The molecule has 0 N–H and O–H groups in total. The van der Waals surface area contributed by atoms with Gasteiger partial charge in [-0.3, -0.25) is 9.36 Å². The molecule has 0 radical (unpaired) electrons. The lowest BCUT2D eigenvalue weighted by Gasteiger charge is -2.09. The molecule has 0 aliphatic rings. The van der Waals surface area contributed by atoms with Crippen molar-refractivity contribution in [3.8, 4) is 11.8 Å². The number of hydrogen-bond acceptors (Lipinski definition) is 7. The van der Waals surface area contributed by atoms with Gasteiger partial charge in [0.2, 0.25) is 0 Å². The van der Waals surface area contributed by atoms with Crippen molar-refractivity contribution in [3.63, 3.8) is 0 Å². The smallest absolute Gasteiger partial charge is 0.196 e. The lowest BCUT2D eigenvalue weighted by atomic mass is 10.1. The Bertz CT molecular complexity index is 940. The highest BCUT2D eigenvalue weighted by Crippen LogP contribution is 2.26. The highest BCUT2D eigenvalue weighted by molar-refractivity contribution is 7.99. The van der Waals surface area contributed by atoms with Crippen LogP contribution in [0.4, 0.5) is 0 Å². The van der Waals surface area contributed by atoms with Gasteiger partial charge in [-0.25, -0.2) is 4.98 Å². The minimum atomic E-state index is -0.832. The first kappa shape index (κ1) is 17.3. The van der Waals surface area contributed by atoms with E-state index in [1.165, 1.54) is 23.1 Å². The number of carbonyl (C=O) groups excluding carboxylic acids is 1. The zero-order valence-electron chi connectivity index (χ0n) is 13.7. The van der Waals surface area contributed by atoms with Crippen LogP contribution in [0.2, 0.25) is 0 Å². The zero-order chi connectivity index (χ0) is 17.8. The van der Waals surface area contributed by atoms with Crippen LogP contribution in [-0.4, -0.2) is 31.3 Å². The fourth-order valence-corrected chi connectivity index (χ4v) is 4.00. The van der Waals surface area contributed by atoms with Crippen LogP contribution in [0.5, 0.6) is 0 Å². The molecule has 0 fully saturated rings. The number of hydrogen-bond donors (Lipinski definition) is 0. The van der Waals surface area contributed by atoms with Gasteiger partial charge in [0.15, 0.2) is 16.9 Å². The molecule has 0 unspecified atom stereocenters. The molecule has 2 heterocycles. The van der Waals surface area contributed by atoms with Gasteiger partial charge < -0.3 is 0 Å². The summed E-state index contributed by atoms with van der Waals surface area (Å²) >= 11 is 2.62. The van der Waals surface area contributed by atoms with Crippen molar-refractivity contribution >= 4 is 28.9 Å². The van der Waals surface area contributed by atoms with Crippen LogP contribution in [0, 0.1) is 25.2 Å². The lowest BCUT2D eigenvalue weighted by molar-refractivity contribution is -0.116. The molecule has 25 heavy (non-hydrogen) atoms. The van der Waals surface area contributed by atoms with Crippen molar-refractivity contribution < 1.29 is 4.79 Å². The van der Waals surface area contributed by atoms with E-state index in [0.29, 0.717) is 10.2 Å². The van der Waals surface area contributed by atoms with E-state index in [1.54, 1.807) is 6.33 Å². The Morgan fingerprint density at radius 1 is 1.40 bits per heavy atom. The number of nitrogens with zero attached hydrogens (tertiary/aromatic N) is 5. The van der Waals surface area contributed by atoms with Crippen LogP contribution in [0.15, 0.2) is 41.1 Å². The third kappa shape index (κ3) is 3.78. The molecule has 0 saturated carbocycles. The van der Waals surface area contributed by atoms with E-state index in [9.17, 15) is 10.1 Å². The molecule has 0 saturated heterocycles. The molecule has 0 aliphatic heterocycles. The molecule has 3 aromatic rings. The van der Waals surface area contributed by atoms with Crippen LogP contribution < -0.4 is 0 Å². The summed E-state index contributed by atoms with van der Waals surface area (Å²) in [6, 6.07) is 9.95. The third-order valence-electron chi connectivity index (χ3n) is 3.57. The normalized spacial score (nSPS) is 11.9. The topological polar surface area (TPSA) is 84.5 Å². The van der Waals surface area contributed by atoms with Crippen molar-refractivity contribution in [2.24, 2.45) is 0 Å².